The molecule has 0 radical (unpaired) electrons. The smallest absolute Gasteiger partial charge is 0.300 e. The van der Waals surface area contributed by atoms with Crippen LogP contribution in [0, 0.1) is 22.0 Å². The summed E-state index contributed by atoms with van der Waals surface area (Å²) in [7, 11) is 0. The van der Waals surface area contributed by atoms with Crippen LogP contribution in [0.3, 0.4) is 0 Å². The summed E-state index contributed by atoms with van der Waals surface area (Å²) in [5.41, 5.74) is 1.24. The first-order chi connectivity index (χ1) is 17.5. The number of nitrogens with one attached hydrogen (secondary N) is 1. The van der Waals surface area contributed by atoms with E-state index >= 15 is 0 Å². The Kier molecular flexibility index (Phi) is 8.72. The molecule has 7 heteroatoms. The van der Waals surface area contributed by atoms with Gasteiger partial charge in [0.1, 0.15) is 6.04 Å². The van der Waals surface area contributed by atoms with E-state index in [0.717, 1.165) is 63.4 Å². The highest BCUT2D eigenvalue weighted by Gasteiger charge is 2.37. The standard InChI is InChI=1S/C29H33N3O4/c33-27(21-16-22-10-4-1-5-11-22)31(25-14-8-3-9-15-25)28(23-17-19-26(20-18-23)32(35)36)29(34)30-24-12-6-2-7-13-24/h1,4-5,10-11,17-20,24-25,28H,2-3,6-9,12-15H2,(H,30,34). The van der Waals surface area contributed by atoms with Gasteiger partial charge in [-0.3, -0.25) is 19.7 Å². The zero-order valence-corrected chi connectivity index (χ0v) is 20.5. The molecule has 2 aromatic carbocycles. The van der Waals surface area contributed by atoms with Gasteiger partial charge in [0, 0.05) is 35.7 Å². The Morgan fingerprint density at radius 3 is 2.11 bits per heavy atom. The van der Waals surface area contributed by atoms with E-state index in [4.69, 9.17) is 0 Å². The van der Waals surface area contributed by atoms with Gasteiger partial charge in [-0.25, -0.2) is 0 Å². The van der Waals surface area contributed by atoms with Gasteiger partial charge in [0.05, 0.1) is 4.92 Å². The van der Waals surface area contributed by atoms with Gasteiger partial charge in [0.2, 0.25) is 5.91 Å². The summed E-state index contributed by atoms with van der Waals surface area (Å²) in [5, 5.41) is 14.4. The van der Waals surface area contributed by atoms with Crippen LogP contribution in [0.15, 0.2) is 54.6 Å². The average Bonchev–Trinajstić information content (AvgIpc) is 2.92. The number of carbonyl (C=O) groups is 2. The van der Waals surface area contributed by atoms with Crippen LogP contribution in [0.2, 0.25) is 0 Å². The van der Waals surface area contributed by atoms with E-state index in [1.807, 2.05) is 30.3 Å². The van der Waals surface area contributed by atoms with E-state index in [1.165, 1.54) is 18.6 Å². The van der Waals surface area contributed by atoms with Crippen molar-refractivity contribution in [2.24, 2.45) is 0 Å². The average molecular weight is 488 g/mol. The molecule has 7 nitrogen and oxygen atoms in total. The fraction of sp³-hybridized carbons (Fsp3) is 0.448. The molecule has 1 atom stereocenters. The molecule has 2 saturated carbocycles. The van der Waals surface area contributed by atoms with Crippen molar-refractivity contribution in [1.82, 2.24) is 10.2 Å². The van der Waals surface area contributed by atoms with Crippen LogP contribution in [-0.4, -0.2) is 33.7 Å². The van der Waals surface area contributed by atoms with Crippen LogP contribution in [-0.2, 0) is 9.59 Å². The molecule has 2 amide bonds. The van der Waals surface area contributed by atoms with E-state index in [2.05, 4.69) is 17.2 Å². The van der Waals surface area contributed by atoms with Crippen molar-refractivity contribution in [2.45, 2.75) is 82.3 Å². The van der Waals surface area contributed by atoms with Gasteiger partial charge < -0.3 is 10.2 Å². The molecular weight excluding hydrogens is 454 g/mol. The van der Waals surface area contributed by atoms with Crippen molar-refractivity contribution < 1.29 is 14.5 Å². The molecule has 2 aliphatic carbocycles. The van der Waals surface area contributed by atoms with Crippen molar-refractivity contribution in [1.29, 1.82) is 0 Å². The maximum absolute atomic E-state index is 13.8. The van der Waals surface area contributed by atoms with Gasteiger partial charge in [-0.2, -0.15) is 0 Å². The minimum absolute atomic E-state index is 0.0513. The molecular formula is C29H33N3O4. The minimum Gasteiger partial charge on any atom is -0.351 e. The molecule has 4 rings (SSSR count). The van der Waals surface area contributed by atoms with E-state index in [1.54, 1.807) is 17.0 Å². The van der Waals surface area contributed by atoms with Crippen molar-refractivity contribution in [2.75, 3.05) is 0 Å². The lowest BCUT2D eigenvalue weighted by Gasteiger charge is -2.39. The monoisotopic (exact) mass is 487 g/mol. The number of nitro groups is 1. The fourth-order valence-electron chi connectivity index (χ4n) is 5.31. The number of amides is 2. The number of nitro benzene ring substituents is 1. The first kappa shape index (κ1) is 25.4. The van der Waals surface area contributed by atoms with Crippen molar-refractivity contribution >= 4 is 17.5 Å². The zero-order valence-electron chi connectivity index (χ0n) is 20.5. The first-order valence-electron chi connectivity index (χ1n) is 13.0. The number of carbonyl (C=O) groups excluding carboxylic acids is 2. The Labute approximate surface area is 212 Å². The molecule has 0 heterocycles. The van der Waals surface area contributed by atoms with Crippen LogP contribution < -0.4 is 5.32 Å². The lowest BCUT2D eigenvalue weighted by atomic mass is 9.90. The third kappa shape index (κ3) is 6.51. The van der Waals surface area contributed by atoms with Crippen molar-refractivity contribution in [3.05, 3.63) is 75.8 Å². The van der Waals surface area contributed by atoms with Crippen LogP contribution in [0.5, 0.6) is 0 Å². The second kappa shape index (κ2) is 12.3. The highest BCUT2D eigenvalue weighted by molar-refractivity contribution is 5.98. The molecule has 36 heavy (non-hydrogen) atoms. The highest BCUT2D eigenvalue weighted by Crippen LogP contribution is 2.32. The summed E-state index contributed by atoms with van der Waals surface area (Å²) in [6.07, 6.45) is 9.83. The highest BCUT2D eigenvalue weighted by atomic mass is 16.6. The molecule has 2 aromatic rings. The molecule has 0 bridgehead atoms. The van der Waals surface area contributed by atoms with Gasteiger partial charge in [0.25, 0.3) is 11.6 Å². The maximum Gasteiger partial charge on any atom is 0.300 e. The summed E-state index contributed by atoms with van der Waals surface area (Å²) in [6.45, 7) is 0. The summed E-state index contributed by atoms with van der Waals surface area (Å²) < 4.78 is 0. The van der Waals surface area contributed by atoms with Gasteiger partial charge >= 0.3 is 0 Å². The third-order valence-corrected chi connectivity index (χ3v) is 7.19. The summed E-state index contributed by atoms with van der Waals surface area (Å²) in [5.74, 6) is 5.10. The van der Waals surface area contributed by atoms with Gasteiger partial charge in [0.15, 0.2) is 0 Å². The molecule has 2 aliphatic rings. The van der Waals surface area contributed by atoms with Crippen LogP contribution >= 0.6 is 0 Å². The number of hydrogen-bond donors (Lipinski definition) is 1. The van der Waals surface area contributed by atoms with Gasteiger partial charge in [-0.15, -0.1) is 0 Å². The van der Waals surface area contributed by atoms with Crippen LogP contribution in [0.25, 0.3) is 0 Å². The first-order valence-corrected chi connectivity index (χ1v) is 13.0. The van der Waals surface area contributed by atoms with E-state index in [9.17, 15) is 19.7 Å². The Hall–Kier alpha value is -3.66. The summed E-state index contributed by atoms with van der Waals surface area (Å²) in [6, 6.07) is 14.4. The number of benzene rings is 2. The number of non-ortho nitro benzene ring substituents is 1. The SMILES string of the molecule is O=C(NC1CCCCC1)C(c1ccc([N+](=O)[O-])cc1)N(C(=O)C#Cc1ccccc1)C1CCCCC1. The van der Waals surface area contributed by atoms with Crippen LogP contribution in [0.1, 0.15) is 81.4 Å². The lowest BCUT2D eigenvalue weighted by molar-refractivity contribution is -0.384. The molecule has 1 unspecified atom stereocenters. The Morgan fingerprint density at radius 1 is 0.889 bits per heavy atom. The molecule has 0 saturated heterocycles. The van der Waals surface area contributed by atoms with Crippen molar-refractivity contribution in [3.63, 3.8) is 0 Å². The summed E-state index contributed by atoms with van der Waals surface area (Å²) in [4.78, 5) is 39.9. The predicted octanol–water partition coefficient (Wildman–Crippen LogP) is 5.30. The Morgan fingerprint density at radius 2 is 1.50 bits per heavy atom. The fourth-order valence-corrected chi connectivity index (χ4v) is 5.31. The maximum atomic E-state index is 13.8. The van der Waals surface area contributed by atoms with Gasteiger partial charge in [-0.1, -0.05) is 62.6 Å². The Bertz CT molecular complexity index is 1110. The molecule has 0 aliphatic heterocycles. The van der Waals surface area contributed by atoms with Crippen molar-refractivity contribution in [3.8, 4) is 11.8 Å². The third-order valence-electron chi connectivity index (χ3n) is 7.19. The quantitative estimate of drug-likeness (QED) is 0.340. The molecule has 2 fully saturated rings. The second-order valence-corrected chi connectivity index (χ2v) is 9.71. The van der Waals surface area contributed by atoms with Gasteiger partial charge in [-0.05, 0) is 55.5 Å². The normalized spacial score (nSPS) is 17.3. The van der Waals surface area contributed by atoms with Crippen LogP contribution in [0.4, 0.5) is 5.69 Å². The topological polar surface area (TPSA) is 92.5 Å². The predicted molar refractivity (Wildman–Crippen MR) is 138 cm³/mol. The molecule has 1 N–H and O–H groups in total. The number of nitrogens with zero attached hydrogens (tertiary/aromatic N) is 2. The second-order valence-electron chi connectivity index (χ2n) is 9.71. The van der Waals surface area contributed by atoms with E-state index in [0.29, 0.717) is 5.56 Å². The Balaban J connectivity index is 1.71. The van der Waals surface area contributed by atoms with E-state index < -0.39 is 16.9 Å². The molecule has 0 spiro atoms. The van der Waals surface area contributed by atoms with E-state index in [-0.39, 0.29) is 23.7 Å². The zero-order chi connectivity index (χ0) is 25.3. The minimum atomic E-state index is -0.895. The largest absolute Gasteiger partial charge is 0.351 e. The summed E-state index contributed by atoms with van der Waals surface area (Å²) >= 11 is 0. The number of hydrogen-bond acceptors (Lipinski definition) is 4. The lowest BCUT2D eigenvalue weighted by Crippen LogP contribution is -2.51. The molecule has 188 valence electrons. The number of rotatable bonds is 6. The molecule has 0 aromatic heterocycles.